The summed E-state index contributed by atoms with van der Waals surface area (Å²) in [5, 5.41) is 5.04. The number of halogens is 2. The van der Waals surface area contributed by atoms with Gasteiger partial charge in [0, 0.05) is 36.4 Å². The zero-order valence-electron chi connectivity index (χ0n) is 15.4. The van der Waals surface area contributed by atoms with Gasteiger partial charge in [-0.05, 0) is 42.0 Å². The first-order valence-corrected chi connectivity index (χ1v) is 10.4. The summed E-state index contributed by atoms with van der Waals surface area (Å²) in [6.07, 6.45) is 3.03. The van der Waals surface area contributed by atoms with E-state index in [0.717, 1.165) is 23.8 Å². The molecule has 0 radical (unpaired) electrons. The van der Waals surface area contributed by atoms with Crippen LogP contribution in [0.2, 0.25) is 0 Å². The Morgan fingerprint density at radius 2 is 2.04 bits per heavy atom. The van der Waals surface area contributed by atoms with Crippen LogP contribution >= 0.6 is 11.3 Å². The molecule has 2 aliphatic rings. The molecule has 7 heteroatoms. The van der Waals surface area contributed by atoms with E-state index in [-0.39, 0.29) is 17.7 Å². The van der Waals surface area contributed by atoms with Gasteiger partial charge in [0.2, 0.25) is 11.8 Å². The molecule has 2 amide bonds. The van der Waals surface area contributed by atoms with E-state index in [0.29, 0.717) is 37.9 Å². The Morgan fingerprint density at radius 1 is 1.25 bits per heavy atom. The highest BCUT2D eigenvalue weighted by molar-refractivity contribution is 7.10. The second-order valence-corrected chi connectivity index (χ2v) is 8.73. The van der Waals surface area contributed by atoms with Crippen molar-refractivity contribution in [1.29, 1.82) is 0 Å². The van der Waals surface area contributed by atoms with Crippen LogP contribution in [0.5, 0.6) is 0 Å². The van der Waals surface area contributed by atoms with Gasteiger partial charge in [0.15, 0.2) is 0 Å². The third kappa shape index (κ3) is 3.81. The molecule has 1 spiro atoms. The Labute approximate surface area is 166 Å². The molecular weight excluding hydrogens is 382 g/mol. The SMILES string of the molecule is O=C1CCCC[C@]2(CN(C(=O)Cc3cccs3)C[C@H]2c2cc(F)cc(F)c2)N1. The highest BCUT2D eigenvalue weighted by atomic mass is 32.1. The molecule has 28 heavy (non-hydrogen) atoms. The van der Waals surface area contributed by atoms with E-state index in [1.54, 1.807) is 4.90 Å². The summed E-state index contributed by atoms with van der Waals surface area (Å²) in [7, 11) is 0. The summed E-state index contributed by atoms with van der Waals surface area (Å²) in [5.41, 5.74) is -0.190. The third-order valence-electron chi connectivity index (χ3n) is 5.75. The van der Waals surface area contributed by atoms with E-state index in [1.807, 2.05) is 17.5 Å². The van der Waals surface area contributed by atoms with Gasteiger partial charge in [0.25, 0.3) is 0 Å². The van der Waals surface area contributed by atoms with Crippen LogP contribution in [0, 0.1) is 11.6 Å². The molecule has 0 saturated carbocycles. The lowest BCUT2D eigenvalue weighted by atomic mass is 9.79. The third-order valence-corrected chi connectivity index (χ3v) is 6.63. The van der Waals surface area contributed by atoms with E-state index >= 15 is 0 Å². The minimum absolute atomic E-state index is 0.0281. The number of hydrogen-bond donors (Lipinski definition) is 1. The largest absolute Gasteiger partial charge is 0.348 e. The maximum absolute atomic E-state index is 13.9. The van der Waals surface area contributed by atoms with Crippen LogP contribution in [-0.2, 0) is 16.0 Å². The highest BCUT2D eigenvalue weighted by Crippen LogP contribution is 2.41. The fraction of sp³-hybridized carbons (Fsp3) is 0.429. The fourth-order valence-corrected chi connectivity index (χ4v) is 5.18. The Balaban J connectivity index is 1.66. The number of likely N-dealkylation sites (tertiary alicyclic amines) is 1. The van der Waals surface area contributed by atoms with E-state index in [2.05, 4.69) is 5.32 Å². The number of benzene rings is 1. The molecule has 2 atom stereocenters. The second kappa shape index (κ2) is 7.62. The summed E-state index contributed by atoms with van der Waals surface area (Å²) in [6, 6.07) is 7.31. The summed E-state index contributed by atoms with van der Waals surface area (Å²) < 4.78 is 27.8. The molecule has 0 aliphatic carbocycles. The van der Waals surface area contributed by atoms with Gasteiger partial charge in [-0.1, -0.05) is 12.5 Å². The van der Waals surface area contributed by atoms with Gasteiger partial charge in [-0.3, -0.25) is 9.59 Å². The molecular formula is C21H22F2N2O2S. The van der Waals surface area contributed by atoms with Gasteiger partial charge < -0.3 is 10.2 Å². The number of carbonyl (C=O) groups excluding carboxylic acids is 2. The molecule has 0 bridgehead atoms. The average Bonchev–Trinajstić information content (AvgIpc) is 3.21. The van der Waals surface area contributed by atoms with Crippen molar-refractivity contribution in [1.82, 2.24) is 10.2 Å². The van der Waals surface area contributed by atoms with E-state index in [9.17, 15) is 18.4 Å². The molecule has 2 fully saturated rings. The number of thiophene rings is 1. The molecule has 1 aromatic carbocycles. The maximum Gasteiger partial charge on any atom is 0.227 e. The molecule has 148 valence electrons. The Morgan fingerprint density at radius 3 is 2.75 bits per heavy atom. The van der Waals surface area contributed by atoms with Crippen LogP contribution in [-0.4, -0.2) is 35.3 Å². The topological polar surface area (TPSA) is 49.4 Å². The average molecular weight is 404 g/mol. The molecule has 4 rings (SSSR count). The zero-order valence-corrected chi connectivity index (χ0v) is 16.2. The summed E-state index contributed by atoms with van der Waals surface area (Å²) >= 11 is 1.53. The van der Waals surface area contributed by atoms with Crippen molar-refractivity contribution in [2.45, 2.75) is 43.6 Å². The minimum atomic E-state index is -0.682. The van der Waals surface area contributed by atoms with Crippen molar-refractivity contribution in [3.05, 3.63) is 57.8 Å². The number of carbonyl (C=O) groups is 2. The van der Waals surface area contributed by atoms with Crippen LogP contribution in [0.25, 0.3) is 0 Å². The normalized spacial score (nSPS) is 25.0. The first-order chi connectivity index (χ1) is 13.4. The fourth-order valence-electron chi connectivity index (χ4n) is 4.48. The van der Waals surface area contributed by atoms with Gasteiger partial charge in [-0.2, -0.15) is 0 Å². The van der Waals surface area contributed by atoms with Crippen LogP contribution in [0.4, 0.5) is 8.78 Å². The monoisotopic (exact) mass is 404 g/mol. The van der Waals surface area contributed by atoms with Crippen LogP contribution in [0.15, 0.2) is 35.7 Å². The molecule has 2 saturated heterocycles. The molecule has 1 N–H and O–H groups in total. The minimum Gasteiger partial charge on any atom is -0.348 e. The molecule has 4 nitrogen and oxygen atoms in total. The summed E-state index contributed by atoms with van der Waals surface area (Å²) in [6.45, 7) is 0.707. The predicted molar refractivity (Wildman–Crippen MR) is 103 cm³/mol. The van der Waals surface area contributed by atoms with Crippen molar-refractivity contribution in [3.8, 4) is 0 Å². The zero-order chi connectivity index (χ0) is 19.7. The lowest BCUT2D eigenvalue weighted by Gasteiger charge is -2.34. The number of nitrogens with zero attached hydrogens (tertiary/aromatic N) is 1. The number of nitrogens with one attached hydrogen (secondary N) is 1. The first-order valence-electron chi connectivity index (χ1n) is 9.52. The number of hydrogen-bond acceptors (Lipinski definition) is 3. The smallest absolute Gasteiger partial charge is 0.227 e. The van der Waals surface area contributed by atoms with Crippen molar-refractivity contribution in [2.24, 2.45) is 0 Å². The van der Waals surface area contributed by atoms with Gasteiger partial charge in [0.1, 0.15) is 11.6 Å². The molecule has 1 aromatic heterocycles. The van der Waals surface area contributed by atoms with Gasteiger partial charge in [0.05, 0.1) is 12.0 Å². The Kier molecular flexibility index (Phi) is 5.19. The second-order valence-electron chi connectivity index (χ2n) is 7.70. The summed E-state index contributed by atoms with van der Waals surface area (Å²) in [5.74, 6) is -1.72. The van der Waals surface area contributed by atoms with E-state index < -0.39 is 17.2 Å². The van der Waals surface area contributed by atoms with Crippen LogP contribution in [0.3, 0.4) is 0 Å². The number of rotatable bonds is 3. The Hall–Kier alpha value is -2.28. The van der Waals surface area contributed by atoms with E-state index in [1.165, 1.54) is 23.5 Å². The molecule has 0 unspecified atom stereocenters. The maximum atomic E-state index is 13.9. The van der Waals surface area contributed by atoms with Gasteiger partial charge in [-0.25, -0.2) is 8.78 Å². The highest BCUT2D eigenvalue weighted by Gasteiger charge is 2.50. The Bertz CT molecular complexity index is 866. The predicted octanol–water partition coefficient (Wildman–Crippen LogP) is 3.62. The van der Waals surface area contributed by atoms with Crippen LogP contribution in [0.1, 0.15) is 42.0 Å². The first kappa shape index (κ1) is 19.1. The van der Waals surface area contributed by atoms with Crippen molar-refractivity contribution in [3.63, 3.8) is 0 Å². The van der Waals surface area contributed by atoms with Gasteiger partial charge in [-0.15, -0.1) is 11.3 Å². The van der Waals surface area contributed by atoms with Crippen molar-refractivity contribution in [2.75, 3.05) is 13.1 Å². The lowest BCUT2D eigenvalue weighted by Crippen LogP contribution is -2.53. The number of amides is 2. The lowest BCUT2D eigenvalue weighted by molar-refractivity contribution is -0.130. The van der Waals surface area contributed by atoms with Crippen molar-refractivity contribution < 1.29 is 18.4 Å². The van der Waals surface area contributed by atoms with Crippen molar-refractivity contribution >= 4 is 23.2 Å². The standard InChI is InChI=1S/C21H22F2N2O2S/c22-15-8-14(9-16(23)10-15)18-12-25(20(27)11-17-4-3-7-28-17)13-21(18)6-2-1-5-19(26)24-21/h3-4,7-10,18H,1-2,5-6,11-13H2,(H,24,26)/t18-,21+/m0/s1. The molecule has 2 aliphatic heterocycles. The molecule has 2 aromatic rings. The summed E-state index contributed by atoms with van der Waals surface area (Å²) in [4.78, 5) is 27.9. The molecule has 3 heterocycles. The van der Waals surface area contributed by atoms with Crippen LogP contribution < -0.4 is 5.32 Å². The quantitative estimate of drug-likeness (QED) is 0.850. The van der Waals surface area contributed by atoms with Gasteiger partial charge >= 0.3 is 0 Å². The van der Waals surface area contributed by atoms with E-state index in [4.69, 9.17) is 0 Å².